The minimum absolute atomic E-state index is 0.0398. The van der Waals surface area contributed by atoms with Crippen LogP contribution in [0.1, 0.15) is 22.6 Å². The molecule has 16 heavy (non-hydrogen) atoms. The average molecular weight is 225 g/mol. The molecule has 0 bridgehead atoms. The highest BCUT2D eigenvalue weighted by Crippen LogP contribution is 2.01. The number of aromatic nitrogens is 1. The van der Waals surface area contributed by atoms with Crippen LogP contribution >= 0.6 is 0 Å². The van der Waals surface area contributed by atoms with Gasteiger partial charge in [0.1, 0.15) is 5.69 Å². The van der Waals surface area contributed by atoms with Gasteiger partial charge in [0, 0.05) is 20.3 Å². The van der Waals surface area contributed by atoms with Crippen LogP contribution in [0.15, 0.2) is 18.2 Å². The molecule has 0 aliphatic carbocycles. The van der Waals surface area contributed by atoms with Crippen molar-refractivity contribution in [3.05, 3.63) is 29.6 Å². The van der Waals surface area contributed by atoms with E-state index in [9.17, 15) is 4.79 Å². The van der Waals surface area contributed by atoms with E-state index in [4.69, 9.17) is 14.6 Å². The molecular weight excluding hydrogens is 210 g/mol. The Bertz CT molecular complexity index is 341. The van der Waals surface area contributed by atoms with Crippen molar-refractivity contribution in [2.24, 2.45) is 0 Å². The molecule has 0 saturated heterocycles. The van der Waals surface area contributed by atoms with Gasteiger partial charge in [-0.05, 0) is 18.6 Å². The Balaban J connectivity index is 2.36. The van der Waals surface area contributed by atoms with Crippen molar-refractivity contribution in [1.82, 2.24) is 4.98 Å². The van der Waals surface area contributed by atoms with Gasteiger partial charge in [0.15, 0.2) is 0 Å². The molecule has 0 saturated carbocycles. The van der Waals surface area contributed by atoms with Crippen molar-refractivity contribution in [2.75, 3.05) is 20.3 Å². The molecule has 88 valence electrons. The van der Waals surface area contributed by atoms with E-state index in [-0.39, 0.29) is 5.69 Å². The summed E-state index contributed by atoms with van der Waals surface area (Å²) in [6, 6.07) is 4.85. The van der Waals surface area contributed by atoms with Crippen molar-refractivity contribution < 1.29 is 19.4 Å². The highest BCUT2D eigenvalue weighted by Gasteiger charge is 2.04. The van der Waals surface area contributed by atoms with E-state index in [0.717, 1.165) is 6.42 Å². The van der Waals surface area contributed by atoms with Gasteiger partial charge in [-0.3, -0.25) is 0 Å². The quantitative estimate of drug-likeness (QED) is 0.709. The first-order valence-corrected chi connectivity index (χ1v) is 5.00. The zero-order valence-corrected chi connectivity index (χ0v) is 9.18. The first kappa shape index (κ1) is 12.6. The molecule has 0 aliphatic rings. The molecule has 1 heterocycles. The van der Waals surface area contributed by atoms with Gasteiger partial charge < -0.3 is 14.6 Å². The normalized spacial score (nSPS) is 10.3. The second-order valence-electron chi connectivity index (χ2n) is 3.22. The van der Waals surface area contributed by atoms with E-state index in [1.54, 1.807) is 19.2 Å². The fourth-order valence-corrected chi connectivity index (χ4v) is 1.16. The number of ether oxygens (including phenoxy) is 2. The second-order valence-corrected chi connectivity index (χ2v) is 3.22. The van der Waals surface area contributed by atoms with E-state index in [1.165, 1.54) is 6.07 Å². The standard InChI is InChI=1S/C11H15NO4/c1-15-6-3-7-16-8-9-4-2-5-10(12-9)11(13)14/h2,4-5H,3,6-8H2,1H3,(H,13,14). The van der Waals surface area contributed by atoms with Crippen LogP contribution in [0.25, 0.3) is 0 Å². The molecule has 0 spiro atoms. The Morgan fingerprint density at radius 3 is 2.94 bits per heavy atom. The molecule has 1 N–H and O–H groups in total. The van der Waals surface area contributed by atoms with E-state index >= 15 is 0 Å². The molecule has 0 atom stereocenters. The van der Waals surface area contributed by atoms with Crippen molar-refractivity contribution in [2.45, 2.75) is 13.0 Å². The largest absolute Gasteiger partial charge is 0.477 e. The SMILES string of the molecule is COCCCOCc1cccc(C(=O)O)n1. The number of rotatable bonds is 7. The summed E-state index contributed by atoms with van der Waals surface area (Å²) in [6.07, 6.45) is 0.815. The maximum Gasteiger partial charge on any atom is 0.354 e. The molecule has 0 aliphatic heterocycles. The number of pyridine rings is 1. The number of hydrogen-bond acceptors (Lipinski definition) is 4. The fourth-order valence-electron chi connectivity index (χ4n) is 1.16. The van der Waals surface area contributed by atoms with Gasteiger partial charge in [0.2, 0.25) is 0 Å². The summed E-state index contributed by atoms with van der Waals surface area (Å²) in [5.74, 6) is -1.03. The van der Waals surface area contributed by atoms with E-state index < -0.39 is 5.97 Å². The molecule has 0 fully saturated rings. The number of methoxy groups -OCH3 is 1. The zero-order chi connectivity index (χ0) is 11.8. The summed E-state index contributed by atoms with van der Waals surface area (Å²) in [5, 5.41) is 8.73. The van der Waals surface area contributed by atoms with E-state index in [0.29, 0.717) is 25.5 Å². The molecule has 0 unspecified atom stereocenters. The van der Waals surface area contributed by atoms with Gasteiger partial charge in [-0.1, -0.05) is 6.07 Å². The highest BCUT2D eigenvalue weighted by atomic mass is 16.5. The number of carboxylic acids is 1. The van der Waals surface area contributed by atoms with Crippen molar-refractivity contribution in [1.29, 1.82) is 0 Å². The topological polar surface area (TPSA) is 68.7 Å². The predicted octanol–water partition coefficient (Wildman–Crippen LogP) is 1.33. The van der Waals surface area contributed by atoms with Crippen molar-refractivity contribution >= 4 is 5.97 Å². The number of nitrogens with zero attached hydrogens (tertiary/aromatic N) is 1. The van der Waals surface area contributed by atoms with Crippen LogP contribution in [0.4, 0.5) is 0 Å². The number of hydrogen-bond donors (Lipinski definition) is 1. The summed E-state index contributed by atoms with van der Waals surface area (Å²) in [7, 11) is 1.64. The van der Waals surface area contributed by atoms with Crippen LogP contribution in [0, 0.1) is 0 Å². The van der Waals surface area contributed by atoms with Crippen LogP contribution in [0.3, 0.4) is 0 Å². The number of aromatic carboxylic acids is 1. The third-order valence-electron chi connectivity index (χ3n) is 1.91. The lowest BCUT2D eigenvalue weighted by atomic mass is 10.3. The number of carboxylic acid groups (broad SMARTS) is 1. The van der Waals surface area contributed by atoms with Gasteiger partial charge in [-0.25, -0.2) is 9.78 Å². The zero-order valence-electron chi connectivity index (χ0n) is 9.18. The molecule has 0 amide bonds. The molecule has 0 radical (unpaired) electrons. The summed E-state index contributed by atoms with van der Waals surface area (Å²) in [4.78, 5) is 14.6. The van der Waals surface area contributed by atoms with Gasteiger partial charge in [0.05, 0.1) is 12.3 Å². The first-order chi connectivity index (χ1) is 7.74. The lowest BCUT2D eigenvalue weighted by molar-refractivity contribution is 0.0687. The third-order valence-corrected chi connectivity index (χ3v) is 1.91. The van der Waals surface area contributed by atoms with E-state index in [2.05, 4.69) is 4.98 Å². The molecular formula is C11H15NO4. The van der Waals surface area contributed by atoms with Gasteiger partial charge in [0.25, 0.3) is 0 Å². The first-order valence-electron chi connectivity index (χ1n) is 5.00. The van der Waals surface area contributed by atoms with E-state index in [1.807, 2.05) is 0 Å². The maximum absolute atomic E-state index is 10.6. The molecule has 1 rings (SSSR count). The predicted molar refractivity (Wildman–Crippen MR) is 57.3 cm³/mol. The Morgan fingerprint density at radius 1 is 1.44 bits per heavy atom. The highest BCUT2D eigenvalue weighted by molar-refractivity contribution is 5.85. The minimum Gasteiger partial charge on any atom is -0.477 e. The van der Waals surface area contributed by atoms with Crippen LogP contribution in [-0.4, -0.2) is 36.4 Å². The second kappa shape index (κ2) is 6.92. The van der Waals surface area contributed by atoms with Crippen molar-refractivity contribution in [3.8, 4) is 0 Å². The summed E-state index contributed by atoms with van der Waals surface area (Å²) < 4.78 is 10.2. The Morgan fingerprint density at radius 2 is 2.25 bits per heavy atom. The lowest BCUT2D eigenvalue weighted by Gasteiger charge is -2.04. The molecule has 1 aromatic rings. The van der Waals surface area contributed by atoms with Crippen LogP contribution < -0.4 is 0 Å². The molecule has 1 aromatic heterocycles. The monoisotopic (exact) mass is 225 g/mol. The Kier molecular flexibility index (Phi) is 5.45. The third kappa shape index (κ3) is 4.37. The average Bonchev–Trinajstić information content (AvgIpc) is 2.29. The van der Waals surface area contributed by atoms with Crippen molar-refractivity contribution in [3.63, 3.8) is 0 Å². The van der Waals surface area contributed by atoms with Crippen LogP contribution in [0.5, 0.6) is 0 Å². The summed E-state index contributed by atoms with van der Waals surface area (Å²) in [6.45, 7) is 1.56. The maximum atomic E-state index is 10.6. The Hall–Kier alpha value is -1.46. The van der Waals surface area contributed by atoms with Gasteiger partial charge >= 0.3 is 5.97 Å². The molecule has 0 aromatic carbocycles. The summed E-state index contributed by atoms with van der Waals surface area (Å²) in [5.41, 5.74) is 0.662. The minimum atomic E-state index is -1.03. The molecule has 5 nitrogen and oxygen atoms in total. The Labute approximate surface area is 94.0 Å². The fraction of sp³-hybridized carbons (Fsp3) is 0.455. The van der Waals surface area contributed by atoms with Crippen LogP contribution in [-0.2, 0) is 16.1 Å². The summed E-state index contributed by atoms with van der Waals surface area (Å²) >= 11 is 0. The van der Waals surface area contributed by atoms with Gasteiger partial charge in [-0.2, -0.15) is 0 Å². The lowest BCUT2D eigenvalue weighted by Crippen LogP contribution is -2.05. The van der Waals surface area contributed by atoms with Crippen LogP contribution in [0.2, 0.25) is 0 Å². The number of carbonyl (C=O) groups is 1. The molecule has 5 heteroatoms. The smallest absolute Gasteiger partial charge is 0.354 e. The van der Waals surface area contributed by atoms with Gasteiger partial charge in [-0.15, -0.1) is 0 Å².